The number of hydrogen-bond acceptors (Lipinski definition) is 4. The van der Waals surface area contributed by atoms with Crippen molar-refractivity contribution in [1.29, 1.82) is 0 Å². The fraction of sp³-hybridized carbons (Fsp3) is 0.130. The van der Waals surface area contributed by atoms with Crippen LogP contribution in [0.25, 0.3) is 22.6 Å². The number of rotatable bonds is 5. The van der Waals surface area contributed by atoms with Crippen molar-refractivity contribution in [1.82, 2.24) is 4.98 Å². The van der Waals surface area contributed by atoms with E-state index in [4.69, 9.17) is 9.15 Å². The first kappa shape index (κ1) is 17.8. The number of oxazole rings is 1. The van der Waals surface area contributed by atoms with Crippen molar-refractivity contribution in [3.63, 3.8) is 0 Å². The standard InChI is InChI=1S/C23H20N2O3/c1-3-15-4-6-16(7-5-15)22(26)24-18-10-8-17(9-11-18)23-25-20-14-19(27-2)12-13-21(20)28-23/h4-14H,3H2,1-2H3,(H,24,26). The van der Waals surface area contributed by atoms with E-state index in [-0.39, 0.29) is 5.91 Å². The lowest BCUT2D eigenvalue weighted by Gasteiger charge is -2.06. The maximum Gasteiger partial charge on any atom is 0.255 e. The number of methoxy groups -OCH3 is 1. The Kier molecular flexibility index (Phi) is 4.81. The van der Waals surface area contributed by atoms with Crippen LogP contribution in [0.1, 0.15) is 22.8 Å². The predicted molar refractivity (Wildman–Crippen MR) is 110 cm³/mol. The molecule has 140 valence electrons. The minimum Gasteiger partial charge on any atom is -0.497 e. The van der Waals surface area contributed by atoms with Crippen LogP contribution in [-0.2, 0) is 6.42 Å². The largest absolute Gasteiger partial charge is 0.497 e. The molecule has 1 N–H and O–H groups in total. The fourth-order valence-corrected chi connectivity index (χ4v) is 2.95. The van der Waals surface area contributed by atoms with Gasteiger partial charge in [0.05, 0.1) is 7.11 Å². The molecule has 0 radical (unpaired) electrons. The SMILES string of the molecule is CCc1ccc(C(=O)Nc2ccc(-c3nc4cc(OC)ccc4o3)cc2)cc1. The van der Waals surface area contributed by atoms with Crippen LogP contribution in [0.2, 0.25) is 0 Å². The van der Waals surface area contributed by atoms with Crippen LogP contribution in [-0.4, -0.2) is 18.0 Å². The Hall–Kier alpha value is -3.60. The molecule has 0 bridgehead atoms. The van der Waals surface area contributed by atoms with Crippen LogP contribution < -0.4 is 10.1 Å². The van der Waals surface area contributed by atoms with Gasteiger partial charge >= 0.3 is 0 Å². The van der Waals surface area contributed by atoms with Gasteiger partial charge < -0.3 is 14.5 Å². The second-order valence-corrected chi connectivity index (χ2v) is 6.43. The van der Waals surface area contributed by atoms with Crippen molar-refractivity contribution < 1.29 is 13.9 Å². The number of amides is 1. The molecule has 0 fully saturated rings. The van der Waals surface area contributed by atoms with Crippen molar-refractivity contribution in [3.8, 4) is 17.2 Å². The molecule has 28 heavy (non-hydrogen) atoms. The number of nitrogens with zero attached hydrogens (tertiary/aromatic N) is 1. The number of benzene rings is 3. The molecule has 1 aromatic heterocycles. The highest BCUT2D eigenvalue weighted by molar-refractivity contribution is 6.04. The summed E-state index contributed by atoms with van der Waals surface area (Å²) in [6.07, 6.45) is 0.950. The lowest BCUT2D eigenvalue weighted by Crippen LogP contribution is -2.11. The summed E-state index contributed by atoms with van der Waals surface area (Å²) < 4.78 is 11.0. The second-order valence-electron chi connectivity index (χ2n) is 6.43. The van der Waals surface area contributed by atoms with E-state index >= 15 is 0 Å². The molecule has 0 atom stereocenters. The number of nitrogens with one attached hydrogen (secondary N) is 1. The van der Waals surface area contributed by atoms with E-state index in [9.17, 15) is 4.79 Å². The molecular weight excluding hydrogens is 352 g/mol. The summed E-state index contributed by atoms with van der Waals surface area (Å²) in [7, 11) is 1.62. The van der Waals surface area contributed by atoms with Gasteiger partial charge in [0.15, 0.2) is 5.58 Å². The Morgan fingerprint density at radius 2 is 1.79 bits per heavy atom. The van der Waals surface area contributed by atoms with Gasteiger partial charge in [-0.05, 0) is 60.5 Å². The Morgan fingerprint density at radius 3 is 2.46 bits per heavy atom. The molecule has 1 amide bonds. The maximum atomic E-state index is 12.4. The maximum absolute atomic E-state index is 12.4. The van der Waals surface area contributed by atoms with E-state index in [0.717, 1.165) is 23.3 Å². The average Bonchev–Trinajstić information content (AvgIpc) is 3.17. The summed E-state index contributed by atoms with van der Waals surface area (Å²) in [4.78, 5) is 16.9. The third kappa shape index (κ3) is 3.60. The lowest BCUT2D eigenvalue weighted by molar-refractivity contribution is 0.102. The third-order valence-corrected chi connectivity index (χ3v) is 4.61. The Bertz CT molecular complexity index is 1110. The number of aryl methyl sites for hydroxylation is 1. The molecule has 0 saturated heterocycles. The Balaban J connectivity index is 1.51. The molecule has 0 aliphatic rings. The smallest absolute Gasteiger partial charge is 0.255 e. The molecule has 4 aromatic rings. The van der Waals surface area contributed by atoms with Crippen LogP contribution >= 0.6 is 0 Å². The van der Waals surface area contributed by atoms with Crippen LogP contribution in [0.4, 0.5) is 5.69 Å². The number of carbonyl (C=O) groups excluding carboxylic acids is 1. The quantitative estimate of drug-likeness (QED) is 0.515. The molecule has 0 aliphatic carbocycles. The van der Waals surface area contributed by atoms with Gasteiger partial charge in [-0.1, -0.05) is 19.1 Å². The number of carbonyl (C=O) groups is 1. The van der Waals surface area contributed by atoms with Crippen molar-refractivity contribution in [3.05, 3.63) is 77.9 Å². The van der Waals surface area contributed by atoms with E-state index in [1.165, 1.54) is 5.56 Å². The van der Waals surface area contributed by atoms with Gasteiger partial charge in [-0.3, -0.25) is 4.79 Å². The zero-order valence-corrected chi connectivity index (χ0v) is 15.7. The van der Waals surface area contributed by atoms with Gasteiger partial charge in [-0.25, -0.2) is 4.98 Å². The lowest BCUT2D eigenvalue weighted by atomic mass is 10.1. The van der Waals surface area contributed by atoms with Gasteiger partial charge in [0.25, 0.3) is 5.91 Å². The molecular formula is C23H20N2O3. The van der Waals surface area contributed by atoms with Gasteiger partial charge in [0.2, 0.25) is 5.89 Å². The third-order valence-electron chi connectivity index (χ3n) is 4.61. The number of anilines is 1. The van der Waals surface area contributed by atoms with Crippen molar-refractivity contribution in [2.24, 2.45) is 0 Å². The zero-order chi connectivity index (χ0) is 19.5. The molecule has 1 heterocycles. The molecule has 0 unspecified atom stereocenters. The fourth-order valence-electron chi connectivity index (χ4n) is 2.95. The number of fused-ring (bicyclic) bond motifs is 1. The predicted octanol–water partition coefficient (Wildman–Crippen LogP) is 5.32. The highest BCUT2D eigenvalue weighted by atomic mass is 16.5. The van der Waals surface area contributed by atoms with E-state index in [2.05, 4.69) is 17.2 Å². The van der Waals surface area contributed by atoms with Crippen LogP contribution in [0, 0.1) is 0 Å². The Labute approximate surface area is 163 Å². The van der Waals surface area contributed by atoms with Gasteiger partial charge in [-0.2, -0.15) is 0 Å². The highest BCUT2D eigenvalue weighted by Crippen LogP contribution is 2.27. The zero-order valence-electron chi connectivity index (χ0n) is 15.7. The number of hydrogen-bond donors (Lipinski definition) is 1. The summed E-state index contributed by atoms with van der Waals surface area (Å²) in [5, 5.41) is 2.91. The van der Waals surface area contributed by atoms with Gasteiger partial charge in [0, 0.05) is 22.9 Å². The molecule has 0 saturated carbocycles. The molecule has 0 spiro atoms. The number of aromatic nitrogens is 1. The van der Waals surface area contributed by atoms with Crippen LogP contribution in [0.3, 0.4) is 0 Å². The topological polar surface area (TPSA) is 64.4 Å². The monoisotopic (exact) mass is 372 g/mol. The minimum absolute atomic E-state index is 0.135. The van der Waals surface area contributed by atoms with Gasteiger partial charge in [-0.15, -0.1) is 0 Å². The van der Waals surface area contributed by atoms with Crippen molar-refractivity contribution in [2.45, 2.75) is 13.3 Å². The van der Waals surface area contributed by atoms with Crippen molar-refractivity contribution >= 4 is 22.7 Å². The summed E-state index contributed by atoms with van der Waals surface area (Å²) in [5.41, 5.74) is 4.82. The Morgan fingerprint density at radius 1 is 1.04 bits per heavy atom. The van der Waals surface area contributed by atoms with E-state index in [0.29, 0.717) is 22.7 Å². The molecule has 3 aromatic carbocycles. The normalized spacial score (nSPS) is 10.8. The van der Waals surface area contributed by atoms with E-state index in [1.54, 1.807) is 7.11 Å². The van der Waals surface area contributed by atoms with E-state index in [1.807, 2.05) is 66.7 Å². The van der Waals surface area contributed by atoms with Gasteiger partial charge in [0.1, 0.15) is 11.3 Å². The summed E-state index contributed by atoms with van der Waals surface area (Å²) >= 11 is 0. The minimum atomic E-state index is -0.135. The molecule has 5 nitrogen and oxygen atoms in total. The van der Waals surface area contributed by atoms with Crippen LogP contribution in [0.5, 0.6) is 5.75 Å². The molecule has 5 heteroatoms. The number of ether oxygens (including phenoxy) is 1. The second kappa shape index (κ2) is 7.56. The first-order chi connectivity index (χ1) is 13.7. The summed E-state index contributed by atoms with van der Waals surface area (Å²) in [6.45, 7) is 2.09. The highest BCUT2D eigenvalue weighted by Gasteiger charge is 2.10. The first-order valence-electron chi connectivity index (χ1n) is 9.11. The first-order valence-corrected chi connectivity index (χ1v) is 9.11. The van der Waals surface area contributed by atoms with E-state index < -0.39 is 0 Å². The summed E-state index contributed by atoms with van der Waals surface area (Å²) in [6, 6.07) is 20.6. The average molecular weight is 372 g/mol. The van der Waals surface area contributed by atoms with Crippen molar-refractivity contribution in [2.75, 3.05) is 12.4 Å². The van der Waals surface area contributed by atoms with Crippen LogP contribution in [0.15, 0.2) is 71.1 Å². The molecule has 4 rings (SSSR count). The molecule has 0 aliphatic heterocycles. The summed E-state index contributed by atoms with van der Waals surface area (Å²) in [5.74, 6) is 1.12.